The van der Waals surface area contributed by atoms with Gasteiger partial charge in [-0.05, 0) is 52.7 Å². The number of aromatic hydroxyl groups is 1. The lowest BCUT2D eigenvalue weighted by Crippen LogP contribution is -2.24. The first kappa shape index (κ1) is 17.5. The summed E-state index contributed by atoms with van der Waals surface area (Å²) in [6.45, 7) is 1.80. The Morgan fingerprint density at radius 1 is 1.35 bits per heavy atom. The van der Waals surface area contributed by atoms with Crippen molar-refractivity contribution in [1.82, 2.24) is 5.43 Å². The van der Waals surface area contributed by atoms with Crippen molar-refractivity contribution >= 4 is 44.0 Å². The van der Waals surface area contributed by atoms with E-state index < -0.39 is 5.91 Å². The van der Waals surface area contributed by atoms with Gasteiger partial charge < -0.3 is 9.84 Å². The lowest BCUT2D eigenvalue weighted by Gasteiger charge is -2.06. The van der Waals surface area contributed by atoms with Gasteiger partial charge in [0.15, 0.2) is 6.61 Å². The molecule has 0 heterocycles. The Morgan fingerprint density at radius 3 is 2.87 bits per heavy atom. The van der Waals surface area contributed by atoms with Crippen LogP contribution < -0.4 is 10.2 Å². The quantitative estimate of drug-likeness (QED) is 0.548. The summed E-state index contributed by atoms with van der Waals surface area (Å²) in [5.41, 5.74) is 3.86. The Labute approximate surface area is 150 Å². The molecule has 7 heteroatoms. The van der Waals surface area contributed by atoms with E-state index >= 15 is 0 Å². The van der Waals surface area contributed by atoms with Gasteiger partial charge in [0.25, 0.3) is 5.91 Å². The highest BCUT2D eigenvalue weighted by Gasteiger charge is 2.06. The maximum Gasteiger partial charge on any atom is 0.277 e. The summed E-state index contributed by atoms with van der Waals surface area (Å²) in [4.78, 5) is 11.7. The average molecular weight is 442 g/mol. The number of benzene rings is 2. The van der Waals surface area contributed by atoms with Gasteiger partial charge in [-0.25, -0.2) is 5.43 Å². The van der Waals surface area contributed by atoms with E-state index in [1.807, 2.05) is 25.1 Å². The topological polar surface area (TPSA) is 70.9 Å². The van der Waals surface area contributed by atoms with Gasteiger partial charge in [0.1, 0.15) is 11.5 Å². The minimum atomic E-state index is -0.392. The van der Waals surface area contributed by atoms with E-state index in [1.54, 1.807) is 18.2 Å². The van der Waals surface area contributed by atoms with Crippen molar-refractivity contribution < 1.29 is 14.6 Å². The fourth-order valence-electron chi connectivity index (χ4n) is 1.74. The van der Waals surface area contributed by atoms with Crippen LogP contribution in [-0.4, -0.2) is 23.8 Å². The minimum Gasteiger partial charge on any atom is -0.506 e. The van der Waals surface area contributed by atoms with Crippen LogP contribution in [0.25, 0.3) is 0 Å². The molecule has 0 saturated heterocycles. The Kier molecular flexibility index (Phi) is 6.18. The van der Waals surface area contributed by atoms with Crippen LogP contribution in [0.5, 0.6) is 11.5 Å². The van der Waals surface area contributed by atoms with Crippen molar-refractivity contribution in [2.75, 3.05) is 6.61 Å². The molecule has 0 bridgehead atoms. The second-order valence-corrected chi connectivity index (χ2v) is 6.49. The van der Waals surface area contributed by atoms with E-state index in [0.717, 1.165) is 10.0 Å². The minimum absolute atomic E-state index is 0.0437. The molecule has 0 fully saturated rings. The van der Waals surface area contributed by atoms with Crippen molar-refractivity contribution in [3.05, 3.63) is 56.5 Å². The van der Waals surface area contributed by atoms with Gasteiger partial charge in [0.05, 0.1) is 10.7 Å². The second kappa shape index (κ2) is 8.12. The number of aryl methyl sites for hydroxylation is 1. The normalized spacial score (nSPS) is 10.7. The summed E-state index contributed by atoms with van der Waals surface area (Å²) in [5.74, 6) is 0.274. The molecule has 0 aliphatic heterocycles. The molecule has 2 aromatic rings. The number of carbonyl (C=O) groups excluding carboxylic acids is 1. The second-order valence-electron chi connectivity index (χ2n) is 4.72. The maximum absolute atomic E-state index is 11.7. The number of hydrazone groups is 1. The van der Waals surface area contributed by atoms with E-state index in [4.69, 9.17) is 4.74 Å². The summed E-state index contributed by atoms with van der Waals surface area (Å²) in [5, 5.41) is 13.7. The fraction of sp³-hybridized carbons (Fsp3) is 0.125. The number of rotatable bonds is 5. The number of carbonyl (C=O) groups is 1. The number of nitrogens with one attached hydrogen (secondary N) is 1. The number of hydrogen-bond donors (Lipinski definition) is 2. The molecule has 1 amide bonds. The van der Waals surface area contributed by atoms with Crippen LogP contribution in [0, 0.1) is 6.92 Å². The van der Waals surface area contributed by atoms with Crippen molar-refractivity contribution in [3.8, 4) is 11.5 Å². The standard InChI is InChI=1S/C16H14Br2N2O3/c1-10-3-2-4-13(5-10)23-9-15(21)20-19-8-11-6-12(17)7-14(18)16(11)22/h2-8,22H,9H2,1H3,(H,20,21)/b19-8-. The van der Waals surface area contributed by atoms with Crippen molar-refractivity contribution in [2.45, 2.75) is 6.92 Å². The molecule has 5 nitrogen and oxygen atoms in total. The lowest BCUT2D eigenvalue weighted by atomic mass is 10.2. The predicted molar refractivity (Wildman–Crippen MR) is 95.9 cm³/mol. The summed E-state index contributed by atoms with van der Waals surface area (Å²) in [6, 6.07) is 10.8. The summed E-state index contributed by atoms with van der Waals surface area (Å²) >= 11 is 6.54. The van der Waals surface area contributed by atoms with E-state index in [9.17, 15) is 9.90 Å². The Morgan fingerprint density at radius 2 is 2.13 bits per heavy atom. The molecule has 2 N–H and O–H groups in total. The number of nitrogens with zero attached hydrogens (tertiary/aromatic N) is 1. The third-order valence-electron chi connectivity index (χ3n) is 2.81. The summed E-state index contributed by atoms with van der Waals surface area (Å²) in [6.07, 6.45) is 1.36. The SMILES string of the molecule is Cc1cccc(OCC(=O)N/N=C\c2cc(Br)cc(Br)c2O)c1. The molecule has 0 saturated carbocycles. The number of halogens is 2. The third-order valence-corrected chi connectivity index (χ3v) is 3.87. The third kappa shape index (κ3) is 5.37. The van der Waals surface area contributed by atoms with Crippen molar-refractivity contribution in [3.63, 3.8) is 0 Å². The zero-order valence-electron chi connectivity index (χ0n) is 12.2. The Bertz CT molecular complexity index is 748. The maximum atomic E-state index is 11.7. The number of hydrogen-bond acceptors (Lipinski definition) is 4. The van der Waals surface area contributed by atoms with Gasteiger partial charge in [0, 0.05) is 10.0 Å². The van der Waals surface area contributed by atoms with E-state index in [-0.39, 0.29) is 12.4 Å². The molecule has 0 atom stereocenters. The highest BCUT2D eigenvalue weighted by molar-refractivity contribution is 9.11. The molecule has 2 rings (SSSR count). The van der Waals surface area contributed by atoms with Gasteiger partial charge in [-0.2, -0.15) is 5.10 Å². The number of ether oxygens (including phenoxy) is 1. The molecule has 0 unspecified atom stereocenters. The molecule has 0 aliphatic rings. The van der Waals surface area contributed by atoms with Gasteiger partial charge >= 0.3 is 0 Å². The molecule has 0 radical (unpaired) electrons. The summed E-state index contributed by atoms with van der Waals surface area (Å²) < 4.78 is 6.67. The van der Waals surface area contributed by atoms with Crippen LogP contribution >= 0.6 is 31.9 Å². The zero-order valence-corrected chi connectivity index (χ0v) is 15.4. The van der Waals surface area contributed by atoms with E-state index in [0.29, 0.717) is 15.8 Å². The molecule has 23 heavy (non-hydrogen) atoms. The molecule has 0 aromatic heterocycles. The zero-order chi connectivity index (χ0) is 16.8. The molecule has 2 aromatic carbocycles. The predicted octanol–water partition coefficient (Wildman–Crippen LogP) is 3.75. The van der Waals surface area contributed by atoms with Gasteiger partial charge in [-0.1, -0.05) is 28.1 Å². The van der Waals surface area contributed by atoms with Crippen LogP contribution in [0.15, 0.2) is 50.4 Å². The van der Waals surface area contributed by atoms with Gasteiger partial charge in [-0.3, -0.25) is 4.79 Å². The van der Waals surface area contributed by atoms with Crippen molar-refractivity contribution in [2.24, 2.45) is 5.10 Å². The first-order valence-electron chi connectivity index (χ1n) is 6.65. The Balaban J connectivity index is 1.89. The van der Waals surface area contributed by atoms with Crippen LogP contribution in [0.3, 0.4) is 0 Å². The first-order valence-corrected chi connectivity index (χ1v) is 8.23. The molecule has 120 valence electrons. The molecule has 0 aliphatic carbocycles. The smallest absolute Gasteiger partial charge is 0.277 e. The number of phenols is 1. The fourth-order valence-corrected chi connectivity index (χ4v) is 3.00. The van der Waals surface area contributed by atoms with Crippen LogP contribution in [0.1, 0.15) is 11.1 Å². The van der Waals surface area contributed by atoms with Gasteiger partial charge in [0.2, 0.25) is 0 Å². The Hall–Kier alpha value is -1.86. The van der Waals surface area contributed by atoms with E-state index in [2.05, 4.69) is 42.4 Å². The van der Waals surface area contributed by atoms with Crippen LogP contribution in [-0.2, 0) is 4.79 Å². The van der Waals surface area contributed by atoms with Crippen molar-refractivity contribution in [1.29, 1.82) is 0 Å². The highest BCUT2D eigenvalue weighted by atomic mass is 79.9. The molecular weight excluding hydrogens is 428 g/mol. The number of phenolic OH excluding ortho intramolecular Hbond substituents is 1. The molecule has 0 spiro atoms. The highest BCUT2D eigenvalue weighted by Crippen LogP contribution is 2.30. The number of amides is 1. The molecular formula is C16H14Br2N2O3. The largest absolute Gasteiger partial charge is 0.506 e. The monoisotopic (exact) mass is 440 g/mol. The first-order chi connectivity index (χ1) is 11.0. The average Bonchev–Trinajstić information content (AvgIpc) is 2.50. The van der Waals surface area contributed by atoms with E-state index in [1.165, 1.54) is 6.21 Å². The van der Waals surface area contributed by atoms with Crippen LogP contribution in [0.2, 0.25) is 0 Å². The van der Waals surface area contributed by atoms with Gasteiger partial charge in [-0.15, -0.1) is 0 Å². The lowest BCUT2D eigenvalue weighted by molar-refractivity contribution is -0.123. The summed E-state index contributed by atoms with van der Waals surface area (Å²) in [7, 11) is 0. The van der Waals surface area contributed by atoms with Crippen LogP contribution in [0.4, 0.5) is 0 Å².